The van der Waals surface area contributed by atoms with Crippen molar-refractivity contribution < 1.29 is 4.79 Å². The maximum Gasteiger partial charge on any atom is 0.227 e. The molecule has 0 bridgehead atoms. The highest BCUT2D eigenvalue weighted by Crippen LogP contribution is 2.21. The lowest BCUT2D eigenvalue weighted by Crippen LogP contribution is -2.49. The first-order chi connectivity index (χ1) is 12.5. The SMILES string of the molecule is Cc1ccccc1CC(=O)N1CCN(CCc2ccc(Cl)cc2Cl)CC1. The third kappa shape index (κ3) is 5.00. The Kier molecular flexibility index (Phi) is 6.58. The van der Waals surface area contributed by atoms with E-state index >= 15 is 0 Å². The summed E-state index contributed by atoms with van der Waals surface area (Å²) in [6, 6.07) is 13.8. The lowest BCUT2D eigenvalue weighted by atomic mass is 10.1. The molecule has 2 aromatic rings. The highest BCUT2D eigenvalue weighted by molar-refractivity contribution is 6.35. The number of hydrogen-bond acceptors (Lipinski definition) is 2. The van der Waals surface area contributed by atoms with Crippen molar-refractivity contribution >= 4 is 29.1 Å². The number of amides is 1. The average Bonchev–Trinajstić information content (AvgIpc) is 2.63. The largest absolute Gasteiger partial charge is 0.340 e. The molecule has 26 heavy (non-hydrogen) atoms. The topological polar surface area (TPSA) is 23.6 Å². The highest BCUT2D eigenvalue weighted by Gasteiger charge is 2.21. The quantitative estimate of drug-likeness (QED) is 0.762. The van der Waals surface area contributed by atoms with Gasteiger partial charge in [0.05, 0.1) is 6.42 Å². The van der Waals surface area contributed by atoms with Gasteiger partial charge in [0.1, 0.15) is 0 Å². The molecule has 1 aliphatic rings. The van der Waals surface area contributed by atoms with Crippen LogP contribution in [-0.4, -0.2) is 48.4 Å². The van der Waals surface area contributed by atoms with Gasteiger partial charge < -0.3 is 4.90 Å². The van der Waals surface area contributed by atoms with Crippen LogP contribution in [-0.2, 0) is 17.6 Å². The molecule has 1 saturated heterocycles. The zero-order valence-electron chi connectivity index (χ0n) is 15.0. The number of piperazine rings is 1. The lowest BCUT2D eigenvalue weighted by molar-refractivity contribution is -0.132. The maximum atomic E-state index is 12.6. The molecule has 0 aromatic heterocycles. The molecule has 138 valence electrons. The van der Waals surface area contributed by atoms with Crippen molar-refractivity contribution in [3.8, 4) is 0 Å². The Morgan fingerprint density at radius 1 is 1.00 bits per heavy atom. The van der Waals surface area contributed by atoms with Crippen LogP contribution in [0.1, 0.15) is 16.7 Å². The molecule has 1 fully saturated rings. The number of carbonyl (C=O) groups is 1. The van der Waals surface area contributed by atoms with E-state index in [0.717, 1.165) is 55.3 Å². The smallest absolute Gasteiger partial charge is 0.227 e. The van der Waals surface area contributed by atoms with Crippen LogP contribution in [0.3, 0.4) is 0 Å². The summed E-state index contributed by atoms with van der Waals surface area (Å²) in [7, 11) is 0. The number of nitrogens with zero attached hydrogens (tertiary/aromatic N) is 2. The molecule has 0 N–H and O–H groups in total. The Bertz CT molecular complexity index is 770. The second-order valence-corrected chi connectivity index (χ2v) is 7.66. The summed E-state index contributed by atoms with van der Waals surface area (Å²) in [5.74, 6) is 0.222. The molecule has 1 amide bonds. The zero-order chi connectivity index (χ0) is 18.5. The molecule has 1 aliphatic heterocycles. The van der Waals surface area contributed by atoms with Gasteiger partial charge in [0.25, 0.3) is 0 Å². The Morgan fingerprint density at radius 2 is 1.73 bits per heavy atom. The monoisotopic (exact) mass is 390 g/mol. The van der Waals surface area contributed by atoms with Gasteiger partial charge in [-0.2, -0.15) is 0 Å². The van der Waals surface area contributed by atoms with Gasteiger partial charge in [-0.15, -0.1) is 0 Å². The molecule has 0 spiro atoms. The second-order valence-electron chi connectivity index (χ2n) is 6.81. The molecule has 0 unspecified atom stereocenters. The van der Waals surface area contributed by atoms with Crippen molar-refractivity contribution in [1.29, 1.82) is 0 Å². The molecule has 3 nitrogen and oxygen atoms in total. The molecule has 3 rings (SSSR count). The molecule has 0 aliphatic carbocycles. The number of rotatable bonds is 5. The number of benzene rings is 2. The number of aryl methyl sites for hydroxylation is 1. The van der Waals surface area contributed by atoms with E-state index in [1.165, 1.54) is 5.56 Å². The molecule has 2 aromatic carbocycles. The highest BCUT2D eigenvalue weighted by atomic mass is 35.5. The Morgan fingerprint density at radius 3 is 2.42 bits per heavy atom. The second kappa shape index (κ2) is 8.90. The predicted molar refractivity (Wildman–Crippen MR) is 108 cm³/mol. The van der Waals surface area contributed by atoms with E-state index < -0.39 is 0 Å². The van der Waals surface area contributed by atoms with Gasteiger partial charge in [-0.3, -0.25) is 9.69 Å². The van der Waals surface area contributed by atoms with Crippen LogP contribution in [0.25, 0.3) is 0 Å². The van der Waals surface area contributed by atoms with Crippen molar-refractivity contribution in [2.24, 2.45) is 0 Å². The van der Waals surface area contributed by atoms with Gasteiger partial charge >= 0.3 is 0 Å². The number of halogens is 2. The summed E-state index contributed by atoms with van der Waals surface area (Å²) in [5, 5.41) is 1.39. The van der Waals surface area contributed by atoms with E-state index in [4.69, 9.17) is 23.2 Å². The van der Waals surface area contributed by atoms with Gasteiger partial charge in [-0.05, 0) is 42.2 Å². The number of hydrogen-bond donors (Lipinski definition) is 0. The van der Waals surface area contributed by atoms with E-state index in [0.29, 0.717) is 11.4 Å². The van der Waals surface area contributed by atoms with Gasteiger partial charge in [0, 0.05) is 42.8 Å². The van der Waals surface area contributed by atoms with Crippen LogP contribution in [0.5, 0.6) is 0 Å². The van der Waals surface area contributed by atoms with Crippen molar-refractivity contribution in [1.82, 2.24) is 9.80 Å². The van der Waals surface area contributed by atoms with Crippen LogP contribution >= 0.6 is 23.2 Å². The van der Waals surface area contributed by atoms with Gasteiger partial charge in [0.15, 0.2) is 0 Å². The van der Waals surface area contributed by atoms with E-state index in [1.807, 2.05) is 35.2 Å². The first-order valence-electron chi connectivity index (χ1n) is 9.01. The minimum absolute atomic E-state index is 0.222. The Balaban J connectivity index is 1.46. The third-order valence-corrected chi connectivity index (χ3v) is 5.63. The van der Waals surface area contributed by atoms with E-state index in [-0.39, 0.29) is 5.91 Å². The minimum Gasteiger partial charge on any atom is -0.340 e. The first-order valence-corrected chi connectivity index (χ1v) is 9.77. The fourth-order valence-electron chi connectivity index (χ4n) is 3.31. The maximum absolute atomic E-state index is 12.6. The lowest BCUT2D eigenvalue weighted by Gasteiger charge is -2.35. The first kappa shape index (κ1) is 19.2. The summed E-state index contributed by atoms with van der Waals surface area (Å²) >= 11 is 12.2. The fourth-order valence-corrected chi connectivity index (χ4v) is 3.81. The third-order valence-electron chi connectivity index (χ3n) is 5.04. The molecule has 1 heterocycles. The fraction of sp³-hybridized carbons (Fsp3) is 0.381. The van der Waals surface area contributed by atoms with Crippen LogP contribution in [0, 0.1) is 6.92 Å². The Labute approximate surface area is 165 Å². The van der Waals surface area contributed by atoms with E-state index in [2.05, 4.69) is 17.9 Å². The van der Waals surface area contributed by atoms with E-state index in [1.54, 1.807) is 6.07 Å². The minimum atomic E-state index is 0.222. The van der Waals surface area contributed by atoms with Crippen molar-refractivity contribution in [2.45, 2.75) is 19.8 Å². The summed E-state index contributed by atoms with van der Waals surface area (Å²) in [6.07, 6.45) is 1.39. The van der Waals surface area contributed by atoms with Gasteiger partial charge in [-0.25, -0.2) is 0 Å². The van der Waals surface area contributed by atoms with Crippen LogP contribution in [0.15, 0.2) is 42.5 Å². The van der Waals surface area contributed by atoms with Crippen molar-refractivity contribution in [2.75, 3.05) is 32.7 Å². The number of carbonyl (C=O) groups excluding carboxylic acids is 1. The molecule has 5 heteroatoms. The zero-order valence-corrected chi connectivity index (χ0v) is 16.6. The average molecular weight is 391 g/mol. The molecular formula is C21H24Cl2N2O. The summed E-state index contributed by atoms with van der Waals surface area (Å²) < 4.78 is 0. The van der Waals surface area contributed by atoms with Gasteiger partial charge in [0.2, 0.25) is 5.91 Å². The van der Waals surface area contributed by atoms with Crippen LogP contribution < -0.4 is 0 Å². The van der Waals surface area contributed by atoms with Crippen molar-refractivity contribution in [3.63, 3.8) is 0 Å². The molecule has 0 saturated carbocycles. The van der Waals surface area contributed by atoms with Gasteiger partial charge in [-0.1, -0.05) is 53.5 Å². The molecule has 0 atom stereocenters. The van der Waals surface area contributed by atoms with Crippen molar-refractivity contribution in [3.05, 3.63) is 69.2 Å². The Hall–Kier alpha value is -1.55. The summed E-state index contributed by atoms with van der Waals surface area (Å²) in [4.78, 5) is 16.9. The van der Waals surface area contributed by atoms with Crippen LogP contribution in [0.4, 0.5) is 0 Å². The summed E-state index contributed by atoms with van der Waals surface area (Å²) in [5.41, 5.74) is 3.42. The van der Waals surface area contributed by atoms with Crippen LogP contribution in [0.2, 0.25) is 10.0 Å². The summed E-state index contributed by atoms with van der Waals surface area (Å²) in [6.45, 7) is 6.40. The standard InChI is InChI=1S/C21H24Cl2N2O/c1-16-4-2-3-5-18(16)14-21(26)25-12-10-24(11-13-25)9-8-17-6-7-19(22)15-20(17)23/h2-7,15H,8-14H2,1H3. The predicted octanol–water partition coefficient (Wildman–Crippen LogP) is 4.23. The van der Waals surface area contributed by atoms with E-state index in [9.17, 15) is 4.79 Å². The normalized spacial score (nSPS) is 15.3. The molecule has 0 radical (unpaired) electrons. The molecular weight excluding hydrogens is 367 g/mol.